The van der Waals surface area contributed by atoms with E-state index in [9.17, 15) is 51.1 Å². The predicted octanol–water partition coefficient (Wildman–Crippen LogP) is -1.15. The Balaban J connectivity index is 1.46. The topological polar surface area (TPSA) is 251 Å². The molecular weight excluding hydrogens is 552 g/mol. The van der Waals surface area contributed by atoms with Crippen LogP contribution in [-0.2, 0) is 14.2 Å². The highest BCUT2D eigenvalue weighted by Crippen LogP contribution is 2.42. The number of aromatic hydroxyl groups is 4. The van der Waals surface area contributed by atoms with Crippen LogP contribution in [0.3, 0.4) is 0 Å². The summed E-state index contributed by atoms with van der Waals surface area (Å²) >= 11 is 0. The Morgan fingerprint density at radius 2 is 1.54 bits per heavy atom. The number of hydrogen-bond donors (Lipinski definition) is 10. The molecule has 0 bridgehead atoms. The van der Waals surface area contributed by atoms with Gasteiger partial charge in [-0.15, -0.1) is 0 Å². The van der Waals surface area contributed by atoms with Gasteiger partial charge in [0.1, 0.15) is 59.6 Å². The van der Waals surface area contributed by atoms with Crippen LogP contribution in [0.25, 0.3) is 22.3 Å². The molecule has 41 heavy (non-hydrogen) atoms. The SMILES string of the molecule is OC[C@H]1OC(Oc2cc3c(O)cc(O)cc3[o+]c2-c2ccc(O)c(O)c2)[C@H](O)[C@@H](O)[C@@H]1O[C@@H]1OC[C@@H](O)[C@H](O)[C@H]1O. The van der Waals surface area contributed by atoms with Gasteiger partial charge in [0, 0.05) is 18.2 Å². The number of benzene rings is 2. The van der Waals surface area contributed by atoms with E-state index < -0.39 is 80.0 Å². The molecular formula is C26H29O15+. The van der Waals surface area contributed by atoms with E-state index >= 15 is 0 Å². The first kappa shape index (κ1) is 29.0. The third-order valence-corrected chi connectivity index (χ3v) is 6.86. The van der Waals surface area contributed by atoms with E-state index in [-0.39, 0.29) is 39.5 Å². The second-order valence-corrected chi connectivity index (χ2v) is 9.70. The van der Waals surface area contributed by atoms with Gasteiger partial charge in [-0.2, -0.15) is 0 Å². The first-order chi connectivity index (χ1) is 19.5. The fourth-order valence-corrected chi connectivity index (χ4v) is 4.63. The van der Waals surface area contributed by atoms with Crippen molar-refractivity contribution in [2.45, 2.75) is 55.3 Å². The zero-order chi connectivity index (χ0) is 29.6. The maximum atomic E-state index is 10.9. The van der Waals surface area contributed by atoms with Gasteiger partial charge in [-0.1, -0.05) is 0 Å². The minimum Gasteiger partial charge on any atom is -0.507 e. The summed E-state index contributed by atoms with van der Waals surface area (Å²) < 4.78 is 28.1. The smallest absolute Gasteiger partial charge is 0.402 e. The molecule has 5 rings (SSSR count). The van der Waals surface area contributed by atoms with E-state index in [0.29, 0.717) is 0 Å². The van der Waals surface area contributed by atoms with Crippen LogP contribution in [0.15, 0.2) is 40.8 Å². The molecule has 222 valence electrons. The predicted molar refractivity (Wildman–Crippen MR) is 134 cm³/mol. The van der Waals surface area contributed by atoms with Crippen LogP contribution in [0.2, 0.25) is 0 Å². The van der Waals surface area contributed by atoms with E-state index in [4.69, 9.17) is 23.4 Å². The van der Waals surface area contributed by atoms with Crippen molar-refractivity contribution in [3.8, 4) is 40.1 Å². The lowest BCUT2D eigenvalue weighted by Crippen LogP contribution is -2.63. The Bertz CT molecular complexity index is 1400. The number of aliphatic hydroxyl groups excluding tert-OH is 6. The average Bonchev–Trinajstić information content (AvgIpc) is 2.94. The van der Waals surface area contributed by atoms with Crippen LogP contribution in [0, 0.1) is 0 Å². The van der Waals surface area contributed by atoms with Gasteiger partial charge in [0.15, 0.2) is 17.8 Å². The van der Waals surface area contributed by atoms with Gasteiger partial charge in [-0.05, 0) is 12.1 Å². The third-order valence-electron chi connectivity index (χ3n) is 6.86. The first-order valence-corrected chi connectivity index (χ1v) is 12.4. The van der Waals surface area contributed by atoms with Gasteiger partial charge < -0.3 is 70.0 Å². The van der Waals surface area contributed by atoms with Crippen LogP contribution in [0.4, 0.5) is 0 Å². The van der Waals surface area contributed by atoms with Crippen LogP contribution in [0.5, 0.6) is 28.7 Å². The molecule has 1 aromatic heterocycles. The molecule has 0 aliphatic carbocycles. The third kappa shape index (κ3) is 5.54. The van der Waals surface area contributed by atoms with Gasteiger partial charge in [0.25, 0.3) is 0 Å². The molecule has 3 heterocycles. The van der Waals surface area contributed by atoms with Crippen molar-refractivity contribution in [1.82, 2.24) is 0 Å². The van der Waals surface area contributed by atoms with Crippen molar-refractivity contribution in [3.63, 3.8) is 0 Å². The Morgan fingerprint density at radius 1 is 0.805 bits per heavy atom. The first-order valence-electron chi connectivity index (χ1n) is 12.4. The Kier molecular flexibility index (Phi) is 8.06. The monoisotopic (exact) mass is 581 g/mol. The zero-order valence-corrected chi connectivity index (χ0v) is 21.1. The number of fused-ring (bicyclic) bond motifs is 1. The standard InChI is InChI=1S/C26H28O15/c27-7-18-24(41-25-21(35)19(33)15(32)8-37-25)20(34)22(36)26(40-18)39-17-6-11-13(30)4-10(28)5-16(11)38-23(17)9-1-2-12(29)14(31)3-9/h1-6,15,18-22,24-27,32-36H,7-8H2,(H3-,28,29,30,31)/p+1/t15-,18-,19+,20-,21-,22-,24-,25+,26?/m1/s1. The van der Waals surface area contributed by atoms with Crippen LogP contribution < -0.4 is 4.74 Å². The molecule has 10 N–H and O–H groups in total. The highest BCUT2D eigenvalue weighted by Gasteiger charge is 2.50. The van der Waals surface area contributed by atoms with Gasteiger partial charge in [-0.3, -0.25) is 0 Å². The van der Waals surface area contributed by atoms with E-state index in [1.54, 1.807) is 0 Å². The maximum absolute atomic E-state index is 10.9. The molecule has 9 atom stereocenters. The lowest BCUT2D eigenvalue weighted by molar-refractivity contribution is -0.339. The molecule has 2 fully saturated rings. The summed E-state index contributed by atoms with van der Waals surface area (Å²) in [5.41, 5.74) is 0.164. The normalized spacial score (nSPS) is 32.2. The highest BCUT2D eigenvalue weighted by molar-refractivity contribution is 5.88. The lowest BCUT2D eigenvalue weighted by atomic mass is 9.98. The van der Waals surface area contributed by atoms with Crippen molar-refractivity contribution in [1.29, 1.82) is 0 Å². The molecule has 0 saturated carbocycles. The molecule has 1 unspecified atom stereocenters. The molecule has 0 amide bonds. The minimum absolute atomic E-state index is 0.00241. The molecule has 3 aromatic rings. The van der Waals surface area contributed by atoms with Crippen molar-refractivity contribution in [2.75, 3.05) is 13.2 Å². The van der Waals surface area contributed by atoms with E-state index in [2.05, 4.69) is 0 Å². The molecule has 2 aliphatic heterocycles. The van der Waals surface area contributed by atoms with Crippen LogP contribution in [-0.4, -0.2) is 120 Å². The van der Waals surface area contributed by atoms with E-state index in [1.807, 2.05) is 0 Å². The molecule has 15 nitrogen and oxygen atoms in total. The molecule has 2 aliphatic rings. The van der Waals surface area contributed by atoms with Crippen molar-refractivity contribution >= 4 is 11.0 Å². The quantitative estimate of drug-likeness (QED) is 0.122. The summed E-state index contributed by atoms with van der Waals surface area (Å²) in [5.74, 6) is -1.91. The summed E-state index contributed by atoms with van der Waals surface area (Å²) in [7, 11) is 0. The van der Waals surface area contributed by atoms with Crippen LogP contribution >= 0.6 is 0 Å². The number of hydrogen-bond acceptors (Lipinski definition) is 14. The fourth-order valence-electron chi connectivity index (χ4n) is 4.63. The lowest BCUT2D eigenvalue weighted by Gasteiger charge is -2.44. The highest BCUT2D eigenvalue weighted by atomic mass is 16.7. The Labute approximate surface area is 230 Å². The number of phenolic OH excluding ortho intramolecular Hbond substituents is 4. The van der Waals surface area contributed by atoms with Gasteiger partial charge >= 0.3 is 11.3 Å². The fraction of sp³-hybridized carbons (Fsp3) is 0.423. The van der Waals surface area contributed by atoms with Gasteiger partial charge in [0.05, 0.1) is 24.8 Å². The molecule has 2 saturated heterocycles. The summed E-state index contributed by atoms with van der Waals surface area (Å²) in [6, 6.07) is 7.22. The van der Waals surface area contributed by atoms with Crippen molar-refractivity contribution < 1.29 is 74.4 Å². The Morgan fingerprint density at radius 3 is 2.24 bits per heavy atom. The zero-order valence-electron chi connectivity index (χ0n) is 21.1. The molecule has 15 heteroatoms. The number of rotatable bonds is 6. The molecule has 0 spiro atoms. The van der Waals surface area contributed by atoms with E-state index in [0.717, 1.165) is 12.1 Å². The molecule has 2 aromatic carbocycles. The second kappa shape index (κ2) is 11.4. The number of ether oxygens (including phenoxy) is 4. The van der Waals surface area contributed by atoms with Crippen molar-refractivity contribution in [3.05, 3.63) is 36.4 Å². The second-order valence-electron chi connectivity index (χ2n) is 9.70. The van der Waals surface area contributed by atoms with Gasteiger partial charge in [0.2, 0.25) is 12.0 Å². The summed E-state index contributed by atoms with van der Waals surface area (Å²) in [5, 5.41) is 102. The number of aliphatic hydroxyl groups is 6. The average molecular weight is 582 g/mol. The summed E-state index contributed by atoms with van der Waals surface area (Å²) in [6.45, 7) is -1.15. The van der Waals surface area contributed by atoms with Gasteiger partial charge in [-0.25, -0.2) is 4.42 Å². The minimum atomic E-state index is -1.84. The summed E-state index contributed by atoms with van der Waals surface area (Å²) in [4.78, 5) is 0. The summed E-state index contributed by atoms with van der Waals surface area (Å²) in [6.07, 6.45) is -14.4. The maximum Gasteiger partial charge on any atom is 0.402 e. The largest absolute Gasteiger partial charge is 0.507 e. The molecule has 0 radical (unpaired) electrons. The number of phenols is 4. The van der Waals surface area contributed by atoms with E-state index in [1.165, 1.54) is 24.3 Å². The van der Waals surface area contributed by atoms with Crippen molar-refractivity contribution in [2.24, 2.45) is 0 Å². The Hall–Kier alpha value is -3.51. The van der Waals surface area contributed by atoms with Crippen LogP contribution in [0.1, 0.15) is 0 Å².